The van der Waals surface area contributed by atoms with Crippen LogP contribution >= 0.6 is 0 Å². The number of aliphatic hydroxyl groups is 1. The molecular formula is C12H21N3O5. The Morgan fingerprint density at radius 1 is 1.40 bits per heavy atom. The monoisotopic (exact) mass is 287 g/mol. The van der Waals surface area contributed by atoms with Gasteiger partial charge in [-0.25, -0.2) is 4.79 Å². The van der Waals surface area contributed by atoms with Gasteiger partial charge in [0, 0.05) is 13.0 Å². The summed E-state index contributed by atoms with van der Waals surface area (Å²) in [6, 6.07) is -0.907. The van der Waals surface area contributed by atoms with Crippen molar-refractivity contribution in [1.29, 1.82) is 0 Å². The van der Waals surface area contributed by atoms with Gasteiger partial charge in [0.1, 0.15) is 6.04 Å². The van der Waals surface area contributed by atoms with Crippen molar-refractivity contribution in [3.8, 4) is 0 Å². The van der Waals surface area contributed by atoms with Crippen LogP contribution in [-0.4, -0.2) is 57.8 Å². The van der Waals surface area contributed by atoms with Gasteiger partial charge in [0.05, 0.1) is 6.54 Å². The number of aliphatic carboxylic acids is 1. The summed E-state index contributed by atoms with van der Waals surface area (Å²) in [7, 11) is 0. The maximum Gasteiger partial charge on any atom is 0.357 e. The lowest BCUT2D eigenvalue weighted by Gasteiger charge is -2.33. The highest BCUT2D eigenvalue weighted by atomic mass is 16.4. The molecule has 1 saturated heterocycles. The molecule has 2 amide bonds. The van der Waals surface area contributed by atoms with Gasteiger partial charge in [0.25, 0.3) is 0 Å². The first-order valence-corrected chi connectivity index (χ1v) is 6.50. The molecule has 1 fully saturated rings. The normalized spacial score (nSPS) is 23.8. The molecule has 114 valence electrons. The third kappa shape index (κ3) is 3.07. The molecule has 20 heavy (non-hydrogen) atoms. The van der Waals surface area contributed by atoms with Crippen LogP contribution in [0.3, 0.4) is 0 Å². The summed E-state index contributed by atoms with van der Waals surface area (Å²) in [5.74, 6) is -2.83. The SMILES string of the molecule is CC(C)C(NC(=O)CN)C(=O)N1CCCC1(O)C(=O)O. The molecule has 0 spiro atoms. The molecule has 1 aliphatic rings. The highest BCUT2D eigenvalue weighted by molar-refractivity contribution is 5.92. The maximum absolute atomic E-state index is 12.4. The molecule has 8 nitrogen and oxygen atoms in total. The van der Waals surface area contributed by atoms with Gasteiger partial charge in [-0.2, -0.15) is 0 Å². The van der Waals surface area contributed by atoms with Gasteiger partial charge in [-0.05, 0) is 12.3 Å². The molecule has 0 saturated carbocycles. The van der Waals surface area contributed by atoms with E-state index in [-0.39, 0.29) is 25.4 Å². The molecule has 0 radical (unpaired) electrons. The summed E-state index contributed by atoms with van der Waals surface area (Å²) >= 11 is 0. The van der Waals surface area contributed by atoms with Crippen LogP contribution in [0, 0.1) is 5.92 Å². The molecule has 2 unspecified atom stereocenters. The van der Waals surface area contributed by atoms with Gasteiger partial charge in [0.15, 0.2) is 0 Å². The minimum Gasteiger partial charge on any atom is -0.478 e. The molecule has 1 aliphatic heterocycles. The second kappa shape index (κ2) is 6.19. The average molecular weight is 287 g/mol. The van der Waals surface area contributed by atoms with E-state index in [9.17, 15) is 19.5 Å². The molecule has 2 atom stereocenters. The van der Waals surface area contributed by atoms with E-state index < -0.39 is 29.6 Å². The predicted molar refractivity (Wildman–Crippen MR) is 69.4 cm³/mol. The lowest BCUT2D eigenvalue weighted by atomic mass is 10.0. The van der Waals surface area contributed by atoms with Crippen LogP contribution in [-0.2, 0) is 14.4 Å². The molecule has 1 rings (SSSR count). The number of carbonyl (C=O) groups excluding carboxylic acids is 2. The number of carboxylic acid groups (broad SMARTS) is 1. The largest absolute Gasteiger partial charge is 0.478 e. The number of carboxylic acids is 1. The lowest BCUT2D eigenvalue weighted by Crippen LogP contribution is -2.60. The van der Waals surface area contributed by atoms with E-state index in [1.807, 2.05) is 0 Å². The second-order valence-corrected chi connectivity index (χ2v) is 5.21. The van der Waals surface area contributed by atoms with E-state index in [1.54, 1.807) is 13.8 Å². The number of rotatable bonds is 5. The van der Waals surface area contributed by atoms with Crippen LogP contribution in [0.4, 0.5) is 0 Å². The van der Waals surface area contributed by atoms with Gasteiger partial charge in [-0.3, -0.25) is 9.59 Å². The van der Waals surface area contributed by atoms with Gasteiger partial charge in [0.2, 0.25) is 17.5 Å². The molecule has 0 aromatic rings. The summed E-state index contributed by atoms with van der Waals surface area (Å²) < 4.78 is 0. The van der Waals surface area contributed by atoms with E-state index in [2.05, 4.69) is 5.32 Å². The third-order valence-corrected chi connectivity index (χ3v) is 3.40. The van der Waals surface area contributed by atoms with Crippen molar-refractivity contribution >= 4 is 17.8 Å². The van der Waals surface area contributed by atoms with Crippen LogP contribution in [0.1, 0.15) is 26.7 Å². The number of nitrogens with zero attached hydrogens (tertiary/aromatic N) is 1. The summed E-state index contributed by atoms with van der Waals surface area (Å²) in [6.45, 7) is 3.31. The van der Waals surface area contributed by atoms with Crippen LogP contribution in [0.5, 0.6) is 0 Å². The Labute approximate surface area is 116 Å². The molecule has 0 bridgehead atoms. The number of likely N-dealkylation sites (tertiary alicyclic amines) is 1. The van der Waals surface area contributed by atoms with Gasteiger partial charge >= 0.3 is 5.97 Å². The van der Waals surface area contributed by atoms with Crippen LogP contribution in [0.15, 0.2) is 0 Å². The van der Waals surface area contributed by atoms with Crippen molar-refractivity contribution in [1.82, 2.24) is 10.2 Å². The Morgan fingerprint density at radius 3 is 2.45 bits per heavy atom. The number of amides is 2. The maximum atomic E-state index is 12.4. The summed E-state index contributed by atoms with van der Waals surface area (Å²) in [5, 5.41) is 21.6. The lowest BCUT2D eigenvalue weighted by molar-refractivity contribution is -0.183. The predicted octanol–water partition coefficient (Wildman–Crippen LogP) is -1.52. The summed E-state index contributed by atoms with van der Waals surface area (Å²) in [5.41, 5.74) is 3.00. The zero-order chi connectivity index (χ0) is 15.5. The van der Waals surface area contributed by atoms with E-state index >= 15 is 0 Å². The van der Waals surface area contributed by atoms with E-state index in [0.717, 1.165) is 4.90 Å². The van der Waals surface area contributed by atoms with Crippen LogP contribution in [0.25, 0.3) is 0 Å². The van der Waals surface area contributed by atoms with Gasteiger partial charge in [-0.1, -0.05) is 13.8 Å². The Balaban J connectivity index is 2.95. The first kappa shape index (κ1) is 16.4. The second-order valence-electron chi connectivity index (χ2n) is 5.21. The number of carbonyl (C=O) groups is 3. The summed E-state index contributed by atoms with van der Waals surface area (Å²) in [6.07, 6.45) is 0.369. The van der Waals surface area contributed by atoms with E-state index in [4.69, 9.17) is 10.8 Å². The summed E-state index contributed by atoms with van der Waals surface area (Å²) in [4.78, 5) is 35.8. The minimum absolute atomic E-state index is 0.0241. The number of nitrogens with two attached hydrogens (primary N) is 1. The zero-order valence-electron chi connectivity index (χ0n) is 11.6. The molecule has 8 heteroatoms. The van der Waals surface area contributed by atoms with E-state index in [0.29, 0.717) is 6.42 Å². The van der Waals surface area contributed by atoms with Crippen molar-refractivity contribution in [2.75, 3.05) is 13.1 Å². The quantitative estimate of drug-likeness (QED) is 0.485. The van der Waals surface area contributed by atoms with Crippen molar-refractivity contribution in [3.05, 3.63) is 0 Å². The molecule has 0 aliphatic carbocycles. The topological polar surface area (TPSA) is 133 Å². The molecule has 0 aromatic carbocycles. The Hall–Kier alpha value is -1.67. The smallest absolute Gasteiger partial charge is 0.357 e. The van der Waals surface area contributed by atoms with Crippen molar-refractivity contribution in [3.63, 3.8) is 0 Å². The zero-order valence-corrected chi connectivity index (χ0v) is 11.6. The van der Waals surface area contributed by atoms with Crippen LogP contribution in [0.2, 0.25) is 0 Å². The number of hydrogen-bond acceptors (Lipinski definition) is 5. The third-order valence-electron chi connectivity index (χ3n) is 3.40. The molecule has 0 aromatic heterocycles. The molecule has 5 N–H and O–H groups in total. The minimum atomic E-state index is -2.20. The molecule has 1 heterocycles. The standard InChI is InChI=1S/C12H21N3O5/c1-7(2)9(14-8(16)6-13)10(17)15-5-3-4-12(15,20)11(18)19/h7,9,20H,3-6,13H2,1-2H3,(H,14,16)(H,18,19). The van der Waals surface area contributed by atoms with Crippen LogP contribution < -0.4 is 11.1 Å². The first-order chi connectivity index (χ1) is 9.24. The Bertz CT molecular complexity index is 412. The Kier molecular flexibility index (Phi) is 5.07. The van der Waals surface area contributed by atoms with Crippen molar-refractivity contribution in [2.24, 2.45) is 11.7 Å². The fourth-order valence-corrected chi connectivity index (χ4v) is 2.23. The number of nitrogens with one attached hydrogen (secondary N) is 1. The first-order valence-electron chi connectivity index (χ1n) is 6.50. The van der Waals surface area contributed by atoms with Crippen molar-refractivity contribution < 1.29 is 24.6 Å². The average Bonchev–Trinajstić information content (AvgIpc) is 2.78. The highest BCUT2D eigenvalue weighted by Gasteiger charge is 2.50. The van der Waals surface area contributed by atoms with E-state index in [1.165, 1.54) is 0 Å². The van der Waals surface area contributed by atoms with Gasteiger partial charge in [-0.15, -0.1) is 0 Å². The Morgan fingerprint density at radius 2 is 2.00 bits per heavy atom. The number of hydrogen-bond donors (Lipinski definition) is 4. The molecular weight excluding hydrogens is 266 g/mol. The highest BCUT2D eigenvalue weighted by Crippen LogP contribution is 2.28. The van der Waals surface area contributed by atoms with Gasteiger partial charge < -0.3 is 26.2 Å². The fourth-order valence-electron chi connectivity index (χ4n) is 2.23. The van der Waals surface area contributed by atoms with Crippen molar-refractivity contribution in [2.45, 2.75) is 38.5 Å². The fraction of sp³-hybridized carbons (Fsp3) is 0.750.